The second kappa shape index (κ2) is 4.57. The predicted octanol–water partition coefficient (Wildman–Crippen LogP) is 2.76. The normalized spacial score (nSPS) is 14.6. The molecular weight excluding hydrogens is 242 g/mol. The highest BCUT2D eigenvalue weighted by atomic mass is 16.3. The molecule has 0 saturated heterocycles. The van der Waals surface area contributed by atoms with Crippen molar-refractivity contribution in [1.29, 1.82) is 0 Å². The number of aryl methyl sites for hydroxylation is 2. The second-order valence-electron chi connectivity index (χ2n) is 5.18. The van der Waals surface area contributed by atoms with Crippen molar-refractivity contribution >= 4 is 11.6 Å². The van der Waals surface area contributed by atoms with Gasteiger partial charge in [0.2, 0.25) is 0 Å². The summed E-state index contributed by atoms with van der Waals surface area (Å²) in [6, 6.07) is 1.75. The van der Waals surface area contributed by atoms with Gasteiger partial charge in [-0.3, -0.25) is 9.48 Å². The molecule has 100 valence electrons. The average molecular weight is 259 g/mol. The number of rotatable bonds is 4. The molecule has 5 heteroatoms. The summed E-state index contributed by atoms with van der Waals surface area (Å²) in [5, 5.41) is 7.09. The van der Waals surface area contributed by atoms with E-state index in [4.69, 9.17) is 4.42 Å². The highest BCUT2D eigenvalue weighted by Gasteiger charge is 2.22. The first kappa shape index (κ1) is 12.0. The number of carbonyl (C=O) groups is 1. The van der Waals surface area contributed by atoms with E-state index in [1.54, 1.807) is 19.2 Å². The van der Waals surface area contributed by atoms with Crippen molar-refractivity contribution in [2.24, 2.45) is 5.92 Å². The number of nitrogens with zero attached hydrogens (tertiary/aromatic N) is 2. The van der Waals surface area contributed by atoms with Crippen LogP contribution in [0.5, 0.6) is 0 Å². The molecule has 0 aromatic carbocycles. The molecule has 2 heterocycles. The van der Waals surface area contributed by atoms with Gasteiger partial charge in [-0.1, -0.05) is 0 Å². The fraction of sp³-hybridized carbons (Fsp3) is 0.429. The van der Waals surface area contributed by atoms with Gasteiger partial charge in [0.05, 0.1) is 17.4 Å². The van der Waals surface area contributed by atoms with E-state index in [-0.39, 0.29) is 5.91 Å². The van der Waals surface area contributed by atoms with Crippen molar-refractivity contribution in [2.45, 2.75) is 33.2 Å². The van der Waals surface area contributed by atoms with E-state index in [2.05, 4.69) is 10.4 Å². The Kier molecular flexibility index (Phi) is 2.89. The lowest BCUT2D eigenvalue weighted by Crippen LogP contribution is -2.11. The van der Waals surface area contributed by atoms with E-state index in [1.807, 2.05) is 17.8 Å². The molecule has 0 unspecified atom stereocenters. The molecule has 1 aliphatic carbocycles. The summed E-state index contributed by atoms with van der Waals surface area (Å²) in [7, 11) is 0. The van der Waals surface area contributed by atoms with Crippen LogP contribution in [0, 0.1) is 19.8 Å². The summed E-state index contributed by atoms with van der Waals surface area (Å²) in [5.41, 5.74) is 1.30. The number of carbonyl (C=O) groups excluding carboxylic acids is 1. The second-order valence-corrected chi connectivity index (χ2v) is 5.18. The molecule has 2 aromatic rings. The first-order chi connectivity index (χ1) is 9.11. The molecule has 3 rings (SSSR count). The molecule has 19 heavy (non-hydrogen) atoms. The molecule has 0 bridgehead atoms. The molecule has 0 radical (unpaired) electrons. The highest BCUT2D eigenvalue weighted by Crippen LogP contribution is 2.30. The Morgan fingerprint density at radius 2 is 2.32 bits per heavy atom. The van der Waals surface area contributed by atoms with Crippen molar-refractivity contribution in [2.75, 3.05) is 5.32 Å². The highest BCUT2D eigenvalue weighted by molar-refractivity contribution is 6.04. The van der Waals surface area contributed by atoms with Crippen LogP contribution in [-0.2, 0) is 6.54 Å². The van der Waals surface area contributed by atoms with Crippen molar-refractivity contribution in [3.63, 3.8) is 0 Å². The summed E-state index contributed by atoms with van der Waals surface area (Å²) in [6.07, 6.45) is 6.13. The minimum absolute atomic E-state index is 0.152. The van der Waals surface area contributed by atoms with Crippen LogP contribution in [0.25, 0.3) is 0 Å². The Balaban J connectivity index is 1.68. The Hall–Kier alpha value is -2.04. The zero-order valence-corrected chi connectivity index (χ0v) is 11.1. The van der Waals surface area contributed by atoms with Gasteiger partial charge < -0.3 is 9.73 Å². The van der Waals surface area contributed by atoms with Gasteiger partial charge in [-0.05, 0) is 38.7 Å². The van der Waals surface area contributed by atoms with E-state index < -0.39 is 0 Å². The van der Waals surface area contributed by atoms with Gasteiger partial charge in [-0.15, -0.1) is 0 Å². The van der Waals surface area contributed by atoms with Crippen molar-refractivity contribution < 1.29 is 9.21 Å². The molecule has 1 N–H and O–H groups in total. The van der Waals surface area contributed by atoms with Crippen LogP contribution in [0.1, 0.15) is 34.7 Å². The molecule has 1 saturated carbocycles. The molecule has 0 atom stereocenters. The molecule has 1 fully saturated rings. The van der Waals surface area contributed by atoms with Crippen LogP contribution in [0.2, 0.25) is 0 Å². The Bertz CT molecular complexity index is 608. The van der Waals surface area contributed by atoms with E-state index in [9.17, 15) is 4.79 Å². The fourth-order valence-electron chi connectivity index (χ4n) is 2.15. The smallest absolute Gasteiger partial charge is 0.259 e. The molecular formula is C14H17N3O2. The van der Waals surface area contributed by atoms with Crippen LogP contribution in [0.4, 0.5) is 5.69 Å². The van der Waals surface area contributed by atoms with Crippen LogP contribution < -0.4 is 5.32 Å². The largest absolute Gasteiger partial charge is 0.466 e. The maximum atomic E-state index is 12.1. The Morgan fingerprint density at radius 1 is 1.53 bits per heavy atom. The molecule has 2 aromatic heterocycles. The number of hydrogen-bond acceptors (Lipinski definition) is 3. The summed E-state index contributed by atoms with van der Waals surface area (Å²) >= 11 is 0. The summed E-state index contributed by atoms with van der Waals surface area (Å²) in [4.78, 5) is 12.1. The number of anilines is 1. The van der Waals surface area contributed by atoms with Gasteiger partial charge in [0, 0.05) is 12.7 Å². The van der Waals surface area contributed by atoms with Gasteiger partial charge in [0.1, 0.15) is 11.5 Å². The van der Waals surface area contributed by atoms with E-state index >= 15 is 0 Å². The maximum Gasteiger partial charge on any atom is 0.259 e. The maximum absolute atomic E-state index is 12.1. The summed E-state index contributed by atoms with van der Waals surface area (Å²) < 4.78 is 7.25. The van der Waals surface area contributed by atoms with E-state index in [0.717, 1.165) is 23.9 Å². The molecule has 0 aliphatic heterocycles. The summed E-state index contributed by atoms with van der Waals surface area (Å²) in [6.45, 7) is 4.57. The third kappa shape index (κ3) is 2.70. The van der Waals surface area contributed by atoms with Crippen LogP contribution >= 0.6 is 0 Å². The Morgan fingerprint density at radius 3 is 2.95 bits per heavy atom. The zero-order valence-electron chi connectivity index (χ0n) is 11.1. The van der Waals surface area contributed by atoms with E-state index in [0.29, 0.717) is 11.3 Å². The first-order valence-electron chi connectivity index (χ1n) is 6.52. The number of hydrogen-bond donors (Lipinski definition) is 1. The summed E-state index contributed by atoms with van der Waals surface area (Å²) in [5.74, 6) is 2.00. The van der Waals surface area contributed by atoms with Crippen molar-refractivity contribution in [3.8, 4) is 0 Å². The van der Waals surface area contributed by atoms with Crippen LogP contribution in [0.3, 0.4) is 0 Å². The molecule has 1 amide bonds. The van der Waals surface area contributed by atoms with Gasteiger partial charge in [0.15, 0.2) is 0 Å². The van der Waals surface area contributed by atoms with Crippen LogP contribution in [-0.4, -0.2) is 15.7 Å². The topological polar surface area (TPSA) is 60.1 Å². The number of furan rings is 1. The van der Waals surface area contributed by atoms with Gasteiger partial charge in [-0.2, -0.15) is 5.10 Å². The molecule has 5 nitrogen and oxygen atoms in total. The lowest BCUT2D eigenvalue weighted by atomic mass is 10.2. The standard InChI is InChI=1S/C14H17N3O2/c1-9-5-13(10(2)19-9)14(18)16-12-6-15-17(8-12)7-11-3-4-11/h5-6,8,11H,3-4,7H2,1-2H3,(H,16,18). The lowest BCUT2D eigenvalue weighted by Gasteiger charge is -2.00. The average Bonchev–Trinajstić information content (AvgIpc) is 2.94. The number of nitrogens with one attached hydrogen (secondary N) is 1. The first-order valence-corrected chi connectivity index (χ1v) is 6.52. The SMILES string of the molecule is Cc1cc(C(=O)Nc2cnn(CC3CC3)c2)c(C)o1. The van der Waals surface area contributed by atoms with E-state index in [1.165, 1.54) is 12.8 Å². The fourth-order valence-corrected chi connectivity index (χ4v) is 2.15. The quantitative estimate of drug-likeness (QED) is 0.918. The number of aromatic nitrogens is 2. The lowest BCUT2D eigenvalue weighted by molar-refractivity contribution is 0.102. The third-order valence-electron chi connectivity index (χ3n) is 3.32. The van der Waals surface area contributed by atoms with Gasteiger partial charge in [0.25, 0.3) is 5.91 Å². The van der Waals surface area contributed by atoms with Crippen molar-refractivity contribution in [3.05, 3.63) is 35.5 Å². The third-order valence-corrected chi connectivity index (χ3v) is 3.32. The zero-order chi connectivity index (χ0) is 13.4. The minimum atomic E-state index is -0.152. The van der Waals surface area contributed by atoms with Crippen LogP contribution in [0.15, 0.2) is 22.9 Å². The van der Waals surface area contributed by atoms with Gasteiger partial charge >= 0.3 is 0 Å². The van der Waals surface area contributed by atoms with Crippen molar-refractivity contribution in [1.82, 2.24) is 9.78 Å². The number of amides is 1. The monoisotopic (exact) mass is 259 g/mol. The molecule has 0 spiro atoms. The van der Waals surface area contributed by atoms with Gasteiger partial charge in [-0.25, -0.2) is 0 Å². The Labute approximate surface area is 111 Å². The molecule has 1 aliphatic rings. The predicted molar refractivity (Wildman–Crippen MR) is 71.1 cm³/mol. The minimum Gasteiger partial charge on any atom is -0.466 e.